The van der Waals surface area contributed by atoms with Gasteiger partial charge in [0.2, 0.25) is 0 Å². The highest BCUT2D eigenvalue weighted by molar-refractivity contribution is 6.28. The molecule has 0 unspecified atom stereocenters. The van der Waals surface area contributed by atoms with Crippen molar-refractivity contribution in [1.29, 1.82) is 0 Å². The van der Waals surface area contributed by atoms with E-state index in [9.17, 15) is 14.7 Å². The van der Waals surface area contributed by atoms with Gasteiger partial charge in [-0.15, -0.1) is 0 Å². The number of fused-ring (bicyclic) bond motifs is 5. The van der Waals surface area contributed by atoms with Crippen molar-refractivity contribution in [2.75, 3.05) is 14.2 Å². The molecule has 0 aromatic rings. The van der Waals surface area contributed by atoms with E-state index < -0.39 is 5.97 Å². The fraction of sp³-hybridized carbons (Fsp3) is 0.343. The largest absolute Gasteiger partial charge is 0.511 e. The number of hydrogen-bond acceptors (Lipinski definition) is 9. The lowest BCUT2D eigenvalue weighted by atomic mass is 9.86. The van der Waals surface area contributed by atoms with E-state index in [0.717, 1.165) is 56.3 Å². The van der Waals surface area contributed by atoms with Crippen LogP contribution in [0.5, 0.6) is 0 Å². The molecule has 1 aliphatic carbocycles. The van der Waals surface area contributed by atoms with Crippen molar-refractivity contribution in [3.8, 4) is 0 Å². The third-order valence-electron chi connectivity index (χ3n) is 9.30. The first-order valence-corrected chi connectivity index (χ1v) is 14.9. The van der Waals surface area contributed by atoms with E-state index in [1.807, 2.05) is 39.0 Å². The Bertz CT molecular complexity index is 1800. The number of nitrogens with one attached hydrogen (secondary N) is 1. The minimum Gasteiger partial charge on any atom is -0.511 e. The van der Waals surface area contributed by atoms with Gasteiger partial charge in [-0.05, 0) is 61.6 Å². The Hall–Kier alpha value is -4.79. The molecule has 0 saturated carbocycles. The first-order valence-electron chi connectivity index (χ1n) is 14.9. The van der Waals surface area contributed by atoms with E-state index in [-0.39, 0.29) is 30.0 Å². The topological polar surface area (TPSA) is 122 Å². The van der Waals surface area contributed by atoms with Gasteiger partial charge in [-0.1, -0.05) is 26.5 Å². The number of carbonyl (C=O) groups is 2. The molecular formula is C35H36N4O5. The average Bonchev–Trinajstić information content (AvgIpc) is 3.77. The van der Waals surface area contributed by atoms with Crippen molar-refractivity contribution in [2.24, 2.45) is 26.8 Å². The Kier molecular flexibility index (Phi) is 7.35. The second kappa shape index (κ2) is 11.0. The minimum atomic E-state index is -0.468. The smallest absolute Gasteiger partial charge is 0.340 e. The highest BCUT2D eigenvalue weighted by atomic mass is 16.5. The summed E-state index contributed by atoms with van der Waals surface area (Å²) in [5.41, 5.74) is 11.2. The highest BCUT2D eigenvalue weighted by Gasteiger charge is 2.41. The van der Waals surface area contributed by atoms with E-state index in [1.165, 1.54) is 14.2 Å². The summed E-state index contributed by atoms with van der Waals surface area (Å²) in [7, 11) is 2.77. The van der Waals surface area contributed by atoms with E-state index in [0.29, 0.717) is 47.6 Å². The maximum absolute atomic E-state index is 13.1. The molecule has 2 N–H and O–H groups in total. The summed E-state index contributed by atoms with van der Waals surface area (Å²) in [6, 6.07) is 0. The lowest BCUT2D eigenvalue weighted by Gasteiger charge is -2.17. The molecule has 8 bridgehead atoms. The quantitative estimate of drug-likeness (QED) is 0.368. The Labute approximate surface area is 256 Å². The number of methoxy groups -OCH3 is 2. The summed E-state index contributed by atoms with van der Waals surface area (Å²) in [4.78, 5) is 40.2. The third kappa shape index (κ3) is 4.49. The van der Waals surface area contributed by atoms with Crippen LogP contribution in [-0.4, -0.2) is 48.4 Å². The summed E-state index contributed by atoms with van der Waals surface area (Å²) in [5.74, 6) is -0.468. The van der Waals surface area contributed by atoms with Crippen molar-refractivity contribution in [1.82, 2.24) is 5.32 Å². The molecule has 9 heteroatoms. The zero-order chi connectivity index (χ0) is 31.4. The summed E-state index contributed by atoms with van der Waals surface area (Å²) >= 11 is 0. The first kappa shape index (κ1) is 29.3. The van der Waals surface area contributed by atoms with Gasteiger partial charge in [0.25, 0.3) is 0 Å². The van der Waals surface area contributed by atoms with Crippen LogP contribution in [0.4, 0.5) is 0 Å². The van der Waals surface area contributed by atoms with E-state index in [2.05, 4.69) is 18.8 Å². The van der Waals surface area contributed by atoms with Crippen molar-refractivity contribution in [3.05, 3.63) is 104 Å². The highest BCUT2D eigenvalue weighted by Crippen LogP contribution is 2.46. The van der Waals surface area contributed by atoms with Gasteiger partial charge in [0.1, 0.15) is 5.76 Å². The lowest BCUT2D eigenvalue weighted by Crippen LogP contribution is -2.16. The maximum atomic E-state index is 13.1. The van der Waals surface area contributed by atoms with E-state index in [1.54, 1.807) is 6.08 Å². The molecule has 5 aliphatic heterocycles. The summed E-state index contributed by atoms with van der Waals surface area (Å²) in [5, 5.41) is 14.9. The maximum Gasteiger partial charge on any atom is 0.340 e. The van der Waals surface area contributed by atoms with Crippen molar-refractivity contribution < 1.29 is 24.2 Å². The second-order valence-corrected chi connectivity index (χ2v) is 11.6. The van der Waals surface area contributed by atoms with Gasteiger partial charge in [-0.3, -0.25) is 4.79 Å². The van der Waals surface area contributed by atoms with Crippen LogP contribution in [-0.2, 0) is 19.1 Å². The van der Waals surface area contributed by atoms with Crippen LogP contribution in [0, 0.1) is 11.8 Å². The standard InChI is InChI=1S/C35H36N4O5/c1-8-19-16(3)23-13-24-17(4)21(10-11-30(41)43-6)33(38-24)22-12-29(40)31-18(5)25(39-34(22)31)14-27-20(9-2)32(35(42)44-7)28(37-27)15-26(19)36-23/h8,13-15,17,21,38,40H,1,9-12H2,2-7H3/t17-,21-/m0/s1. The molecule has 6 rings (SSSR count). The molecule has 9 nitrogen and oxygen atoms in total. The number of rotatable bonds is 6. The van der Waals surface area contributed by atoms with Gasteiger partial charge in [0.05, 0.1) is 54.0 Å². The summed E-state index contributed by atoms with van der Waals surface area (Å²) in [6.45, 7) is 12.1. The van der Waals surface area contributed by atoms with Gasteiger partial charge in [-0.2, -0.15) is 0 Å². The summed E-state index contributed by atoms with van der Waals surface area (Å²) < 4.78 is 10.2. The van der Waals surface area contributed by atoms with Gasteiger partial charge in [0, 0.05) is 52.8 Å². The number of nitrogens with zero attached hydrogens (tertiary/aromatic N) is 3. The van der Waals surface area contributed by atoms with Gasteiger partial charge in [-0.25, -0.2) is 19.8 Å². The number of aliphatic hydroxyl groups is 1. The molecule has 226 valence electrons. The SMILES string of the molecule is C=CC1=C(C)C2=NC1=CC1=NC(=CC3=C(C)C4=C(O)CC(=C5NC(=C2)[C@@H](C)[C@@H]5CCC(=O)OC)C4=N3)C(CC)=C1C(=O)OC. The Morgan fingerprint density at radius 2 is 1.82 bits per heavy atom. The molecule has 2 atom stereocenters. The zero-order valence-electron chi connectivity index (χ0n) is 25.9. The number of carbonyl (C=O) groups excluding carboxylic acids is 2. The van der Waals surface area contributed by atoms with Crippen LogP contribution < -0.4 is 5.32 Å². The van der Waals surface area contributed by atoms with Crippen molar-refractivity contribution >= 4 is 29.1 Å². The number of ether oxygens (including phenoxy) is 2. The fourth-order valence-electron chi connectivity index (χ4n) is 6.87. The normalized spacial score (nSPS) is 23.9. The third-order valence-corrected chi connectivity index (χ3v) is 9.30. The van der Waals surface area contributed by atoms with Crippen LogP contribution in [0.1, 0.15) is 53.4 Å². The number of hydrogen-bond donors (Lipinski definition) is 2. The molecule has 0 aromatic carbocycles. The van der Waals surface area contributed by atoms with E-state index >= 15 is 0 Å². The summed E-state index contributed by atoms with van der Waals surface area (Å²) in [6.07, 6.45) is 9.25. The molecular weight excluding hydrogens is 556 g/mol. The molecule has 0 amide bonds. The van der Waals surface area contributed by atoms with Crippen LogP contribution in [0.2, 0.25) is 0 Å². The first-order chi connectivity index (χ1) is 21.1. The van der Waals surface area contributed by atoms with Crippen LogP contribution in [0.3, 0.4) is 0 Å². The van der Waals surface area contributed by atoms with Gasteiger partial charge >= 0.3 is 11.9 Å². The molecule has 1 saturated heterocycles. The van der Waals surface area contributed by atoms with Crippen molar-refractivity contribution in [2.45, 2.75) is 53.4 Å². The lowest BCUT2D eigenvalue weighted by molar-refractivity contribution is -0.141. The van der Waals surface area contributed by atoms with Gasteiger partial charge < -0.3 is 19.9 Å². The molecule has 5 heterocycles. The molecule has 0 radical (unpaired) electrons. The van der Waals surface area contributed by atoms with Crippen LogP contribution >= 0.6 is 0 Å². The number of esters is 2. The van der Waals surface area contributed by atoms with Crippen molar-refractivity contribution in [3.63, 3.8) is 0 Å². The molecule has 0 aromatic heterocycles. The molecule has 6 aliphatic rings. The van der Waals surface area contributed by atoms with Crippen LogP contribution in [0.15, 0.2) is 119 Å². The molecule has 0 spiro atoms. The Morgan fingerprint density at radius 3 is 2.50 bits per heavy atom. The van der Waals surface area contributed by atoms with Gasteiger partial charge in [0.15, 0.2) is 0 Å². The fourth-order valence-corrected chi connectivity index (χ4v) is 6.87. The number of aliphatic hydroxyl groups excluding tert-OH is 1. The monoisotopic (exact) mass is 592 g/mol. The van der Waals surface area contributed by atoms with E-state index in [4.69, 9.17) is 24.5 Å². The second-order valence-electron chi connectivity index (χ2n) is 11.6. The Balaban J connectivity index is 1.62. The number of allylic oxidation sites excluding steroid dienone is 11. The average molecular weight is 593 g/mol. The minimum absolute atomic E-state index is 0.0254. The Morgan fingerprint density at radius 1 is 1.07 bits per heavy atom. The number of aliphatic imine (C=N–C) groups is 3. The predicted molar refractivity (Wildman–Crippen MR) is 170 cm³/mol. The predicted octanol–water partition coefficient (Wildman–Crippen LogP) is 5.95. The van der Waals surface area contributed by atoms with Crippen LogP contribution in [0.25, 0.3) is 0 Å². The zero-order valence-corrected chi connectivity index (χ0v) is 25.9. The molecule has 44 heavy (non-hydrogen) atoms. The molecule has 1 fully saturated rings.